The summed E-state index contributed by atoms with van der Waals surface area (Å²) in [6.45, 7) is 0. The zero-order valence-electron chi connectivity index (χ0n) is 12.9. The van der Waals surface area contributed by atoms with Gasteiger partial charge in [-0.25, -0.2) is 13.5 Å². The summed E-state index contributed by atoms with van der Waals surface area (Å²) in [4.78, 5) is 12.2. The van der Waals surface area contributed by atoms with Crippen molar-refractivity contribution in [2.45, 2.75) is 25.3 Å². The van der Waals surface area contributed by atoms with E-state index in [0.29, 0.717) is 5.69 Å². The average Bonchev–Trinajstić information content (AvgIpc) is 3.24. The number of carbonyl (C=O) groups is 1. The Bertz CT molecular complexity index is 905. The Morgan fingerprint density at radius 2 is 2.08 bits per heavy atom. The molecule has 2 aromatic heterocycles. The van der Waals surface area contributed by atoms with E-state index in [1.165, 1.54) is 16.8 Å². The zero-order valence-corrected chi connectivity index (χ0v) is 13.8. The third-order valence-corrected chi connectivity index (χ3v) is 4.68. The molecule has 0 saturated heterocycles. The first-order valence-corrected chi connectivity index (χ1v) is 8.56. The van der Waals surface area contributed by atoms with E-state index >= 15 is 0 Å². The van der Waals surface area contributed by atoms with Crippen LogP contribution in [0.2, 0.25) is 0 Å². The van der Waals surface area contributed by atoms with Gasteiger partial charge in [-0.15, -0.1) is 5.10 Å². The van der Waals surface area contributed by atoms with E-state index in [-0.39, 0.29) is 17.6 Å². The highest BCUT2D eigenvalue weighted by Gasteiger charge is 2.27. The van der Waals surface area contributed by atoms with Crippen LogP contribution in [0.25, 0.3) is 5.69 Å². The maximum absolute atomic E-state index is 13.5. The van der Waals surface area contributed by atoms with Gasteiger partial charge in [-0.3, -0.25) is 4.79 Å². The summed E-state index contributed by atoms with van der Waals surface area (Å²) in [6.07, 6.45) is 3.95. The minimum Gasteiger partial charge on any atom is -0.344 e. The minimum atomic E-state index is -0.657. The molecule has 0 aliphatic heterocycles. The van der Waals surface area contributed by atoms with Crippen molar-refractivity contribution in [3.8, 4) is 5.69 Å². The third-order valence-electron chi connectivity index (χ3n) is 4.17. The zero-order chi connectivity index (χ0) is 17.4. The summed E-state index contributed by atoms with van der Waals surface area (Å²) >= 11 is 1.11. The van der Waals surface area contributed by atoms with Gasteiger partial charge >= 0.3 is 0 Å². The highest BCUT2D eigenvalue weighted by Crippen LogP contribution is 2.31. The van der Waals surface area contributed by atoms with Crippen LogP contribution in [0.5, 0.6) is 0 Å². The second kappa shape index (κ2) is 6.32. The van der Waals surface area contributed by atoms with Crippen LogP contribution in [-0.2, 0) is 6.42 Å². The van der Waals surface area contributed by atoms with Crippen molar-refractivity contribution < 1.29 is 13.6 Å². The maximum Gasteiger partial charge on any atom is 0.273 e. The molecule has 128 valence electrons. The second-order valence-electron chi connectivity index (χ2n) is 5.79. The Balaban J connectivity index is 1.65. The molecule has 0 saturated carbocycles. The summed E-state index contributed by atoms with van der Waals surface area (Å²) in [5.74, 6) is -1.61. The fraction of sp³-hybridized carbons (Fsp3) is 0.250. The number of hydrogen-bond donors (Lipinski definition) is 1. The van der Waals surface area contributed by atoms with E-state index in [0.717, 1.165) is 48.1 Å². The van der Waals surface area contributed by atoms with Gasteiger partial charge < -0.3 is 5.32 Å². The molecule has 2 heterocycles. The molecule has 3 aromatic rings. The SMILES string of the molecule is O=C(NC1CCCc2c1cnn2-c1cc(F)cc(F)c1)c1csnn1. The van der Waals surface area contributed by atoms with Crippen LogP contribution >= 0.6 is 11.5 Å². The summed E-state index contributed by atoms with van der Waals surface area (Å²) in [7, 11) is 0. The largest absolute Gasteiger partial charge is 0.344 e. The van der Waals surface area contributed by atoms with E-state index in [9.17, 15) is 13.6 Å². The maximum atomic E-state index is 13.5. The van der Waals surface area contributed by atoms with Gasteiger partial charge in [0.2, 0.25) is 0 Å². The van der Waals surface area contributed by atoms with Gasteiger partial charge in [-0.2, -0.15) is 5.10 Å². The lowest BCUT2D eigenvalue weighted by Gasteiger charge is -2.24. The predicted molar refractivity (Wildman–Crippen MR) is 86.5 cm³/mol. The van der Waals surface area contributed by atoms with Crippen molar-refractivity contribution in [1.82, 2.24) is 24.7 Å². The Morgan fingerprint density at radius 3 is 2.80 bits per heavy atom. The predicted octanol–water partition coefficient (Wildman–Crippen LogP) is 2.81. The van der Waals surface area contributed by atoms with Gasteiger partial charge in [0.1, 0.15) is 11.6 Å². The lowest BCUT2D eigenvalue weighted by atomic mass is 9.92. The van der Waals surface area contributed by atoms with Crippen molar-refractivity contribution in [2.75, 3.05) is 0 Å². The molecule has 1 aliphatic carbocycles. The van der Waals surface area contributed by atoms with Crippen LogP contribution in [0.15, 0.2) is 29.8 Å². The Morgan fingerprint density at radius 1 is 1.28 bits per heavy atom. The first-order chi connectivity index (χ1) is 12.1. The lowest BCUT2D eigenvalue weighted by molar-refractivity contribution is 0.0927. The molecule has 1 N–H and O–H groups in total. The molecular formula is C16H13F2N5OS. The van der Waals surface area contributed by atoms with Crippen LogP contribution in [0.1, 0.15) is 40.6 Å². The monoisotopic (exact) mass is 361 g/mol. The van der Waals surface area contributed by atoms with Gasteiger partial charge in [0.05, 0.1) is 17.9 Å². The average molecular weight is 361 g/mol. The number of nitrogens with zero attached hydrogens (tertiary/aromatic N) is 4. The quantitative estimate of drug-likeness (QED) is 0.779. The number of aromatic nitrogens is 4. The molecule has 1 aliphatic rings. The van der Waals surface area contributed by atoms with Gasteiger partial charge in [-0.1, -0.05) is 4.49 Å². The molecule has 1 amide bonds. The smallest absolute Gasteiger partial charge is 0.273 e. The molecule has 9 heteroatoms. The highest BCUT2D eigenvalue weighted by atomic mass is 32.1. The lowest BCUT2D eigenvalue weighted by Crippen LogP contribution is -2.31. The standard InChI is InChI=1S/C16H13F2N5OS/c17-9-4-10(18)6-11(5-9)23-15-3-1-2-13(12(15)7-19-23)20-16(24)14-8-25-22-21-14/h4-8,13H,1-3H2,(H,20,24). The van der Waals surface area contributed by atoms with Gasteiger partial charge in [-0.05, 0) is 42.9 Å². The molecule has 0 spiro atoms. The van der Waals surface area contributed by atoms with E-state index in [1.807, 2.05) is 0 Å². The molecule has 6 nitrogen and oxygen atoms in total. The molecule has 0 bridgehead atoms. The molecule has 4 rings (SSSR count). The number of halogens is 2. The van der Waals surface area contributed by atoms with E-state index < -0.39 is 11.6 Å². The Kier molecular flexibility index (Phi) is 4.00. The molecule has 0 fully saturated rings. The number of nitrogens with one attached hydrogen (secondary N) is 1. The van der Waals surface area contributed by atoms with E-state index in [2.05, 4.69) is 20.0 Å². The van der Waals surface area contributed by atoms with E-state index in [1.54, 1.807) is 11.6 Å². The van der Waals surface area contributed by atoms with Crippen molar-refractivity contribution in [2.24, 2.45) is 0 Å². The molecule has 1 aromatic carbocycles. The molecule has 1 unspecified atom stereocenters. The molecular weight excluding hydrogens is 348 g/mol. The molecule has 0 radical (unpaired) electrons. The number of rotatable bonds is 3. The number of fused-ring (bicyclic) bond motifs is 1. The van der Waals surface area contributed by atoms with Gasteiger partial charge in [0.25, 0.3) is 5.91 Å². The number of hydrogen-bond acceptors (Lipinski definition) is 5. The van der Waals surface area contributed by atoms with Gasteiger partial charge in [0, 0.05) is 22.7 Å². The van der Waals surface area contributed by atoms with Crippen molar-refractivity contribution in [3.05, 3.63) is 58.4 Å². The molecule has 25 heavy (non-hydrogen) atoms. The van der Waals surface area contributed by atoms with Crippen LogP contribution in [-0.4, -0.2) is 25.3 Å². The van der Waals surface area contributed by atoms with Crippen molar-refractivity contribution in [1.29, 1.82) is 0 Å². The summed E-state index contributed by atoms with van der Waals surface area (Å²) in [5, 5.41) is 12.5. The topological polar surface area (TPSA) is 72.7 Å². The minimum absolute atomic E-state index is 0.217. The fourth-order valence-electron chi connectivity index (χ4n) is 3.09. The summed E-state index contributed by atoms with van der Waals surface area (Å²) < 4.78 is 32.2. The van der Waals surface area contributed by atoms with Crippen LogP contribution in [0, 0.1) is 11.6 Å². The number of amides is 1. The van der Waals surface area contributed by atoms with E-state index in [4.69, 9.17) is 0 Å². The summed E-state index contributed by atoms with van der Waals surface area (Å²) in [5.41, 5.74) is 2.30. The first-order valence-electron chi connectivity index (χ1n) is 7.73. The number of benzene rings is 1. The third kappa shape index (κ3) is 3.02. The Hall–Kier alpha value is -2.68. The van der Waals surface area contributed by atoms with Crippen molar-refractivity contribution >= 4 is 17.4 Å². The fourth-order valence-corrected chi connectivity index (χ4v) is 3.52. The normalized spacial score (nSPS) is 16.5. The summed E-state index contributed by atoms with van der Waals surface area (Å²) in [6, 6.07) is 3.08. The van der Waals surface area contributed by atoms with Crippen LogP contribution < -0.4 is 5.32 Å². The Labute approximate surface area is 145 Å². The van der Waals surface area contributed by atoms with Crippen molar-refractivity contribution in [3.63, 3.8) is 0 Å². The van der Waals surface area contributed by atoms with Crippen LogP contribution in [0.3, 0.4) is 0 Å². The van der Waals surface area contributed by atoms with Crippen LogP contribution in [0.4, 0.5) is 8.78 Å². The molecule has 1 atom stereocenters. The van der Waals surface area contributed by atoms with Gasteiger partial charge in [0.15, 0.2) is 5.69 Å². The highest BCUT2D eigenvalue weighted by molar-refractivity contribution is 7.03. The second-order valence-corrected chi connectivity index (χ2v) is 6.40. The first kappa shape index (κ1) is 15.8. The number of carbonyl (C=O) groups excluding carboxylic acids is 1.